The zero-order valence-corrected chi connectivity index (χ0v) is 16.4. The number of carbonyl (C=O) groups is 2. The Labute approximate surface area is 159 Å². The van der Waals surface area contributed by atoms with Crippen molar-refractivity contribution in [2.75, 3.05) is 0 Å². The molecule has 0 aliphatic heterocycles. The van der Waals surface area contributed by atoms with Crippen LogP contribution in [0, 0.1) is 0 Å². The van der Waals surface area contributed by atoms with Gasteiger partial charge in [0.2, 0.25) is 0 Å². The predicted octanol–water partition coefficient (Wildman–Crippen LogP) is 1.00. The molecule has 25 heavy (non-hydrogen) atoms. The molecule has 0 amide bonds. The van der Waals surface area contributed by atoms with Gasteiger partial charge >= 0.3 is 11.9 Å². The minimum atomic E-state index is -1.29. The van der Waals surface area contributed by atoms with Gasteiger partial charge in [0.15, 0.2) is 34.5 Å². The van der Waals surface area contributed by atoms with E-state index in [1.54, 1.807) is 0 Å². The first-order chi connectivity index (χ1) is 11.0. The molecule has 0 fully saturated rings. The fourth-order valence-electron chi connectivity index (χ4n) is 1.46. The molecule has 0 unspecified atom stereocenters. The molecule has 130 valence electrons. The van der Waals surface area contributed by atoms with Crippen molar-refractivity contribution in [1.29, 1.82) is 0 Å². The van der Waals surface area contributed by atoms with Crippen LogP contribution in [0.4, 0.5) is 0 Å². The molecule has 2 aromatic carbocycles. The van der Waals surface area contributed by atoms with Gasteiger partial charge < -0.3 is 40.9 Å². The van der Waals surface area contributed by atoms with E-state index in [1.165, 1.54) is 0 Å². The summed E-state index contributed by atoms with van der Waals surface area (Å²) < 4.78 is 0. The van der Waals surface area contributed by atoms with Gasteiger partial charge in [0.05, 0.1) is 11.1 Å². The molecule has 0 saturated carbocycles. The number of aromatic carboxylic acids is 2. The first-order valence-electron chi connectivity index (χ1n) is 6.01. The van der Waals surface area contributed by atoms with Crippen molar-refractivity contribution >= 4 is 11.9 Å². The van der Waals surface area contributed by atoms with Crippen LogP contribution >= 0.6 is 0 Å². The van der Waals surface area contributed by atoms with E-state index in [0.29, 0.717) is 0 Å². The minimum Gasteiger partial charge on any atom is -0.504 e. The van der Waals surface area contributed by atoms with Crippen LogP contribution in [-0.2, 0) is 27.3 Å². The van der Waals surface area contributed by atoms with E-state index in [9.17, 15) is 9.59 Å². The predicted molar refractivity (Wildman–Crippen MR) is 76.8 cm³/mol. The van der Waals surface area contributed by atoms with Crippen LogP contribution in [0.15, 0.2) is 24.3 Å². The van der Waals surface area contributed by atoms with Crippen LogP contribution < -0.4 is 0 Å². The van der Waals surface area contributed by atoms with E-state index in [2.05, 4.69) is 0 Å². The average Bonchev–Trinajstić information content (AvgIpc) is 2.49. The van der Waals surface area contributed by atoms with Crippen molar-refractivity contribution in [3.63, 3.8) is 0 Å². The summed E-state index contributed by atoms with van der Waals surface area (Å²) in [6.45, 7) is 0. The first-order valence-corrected chi connectivity index (χ1v) is 6.01. The van der Waals surface area contributed by atoms with Crippen molar-refractivity contribution in [3.8, 4) is 34.5 Å². The van der Waals surface area contributed by atoms with Crippen molar-refractivity contribution in [1.82, 2.24) is 0 Å². The zero-order chi connectivity index (χ0) is 18.6. The fourth-order valence-corrected chi connectivity index (χ4v) is 1.46. The van der Waals surface area contributed by atoms with E-state index < -0.39 is 46.4 Å². The second-order valence-corrected chi connectivity index (χ2v) is 4.34. The third-order valence-corrected chi connectivity index (χ3v) is 2.63. The van der Waals surface area contributed by atoms with E-state index >= 15 is 0 Å². The molecular formula is C14H12CdO10. The molecule has 2 aromatic rings. The molecule has 10 nitrogen and oxygen atoms in total. The Balaban J connectivity index is 0.000000443. The summed E-state index contributed by atoms with van der Waals surface area (Å²) in [6.07, 6.45) is 0. The van der Waals surface area contributed by atoms with E-state index in [0.717, 1.165) is 24.3 Å². The molecule has 8 N–H and O–H groups in total. The topological polar surface area (TPSA) is 196 Å². The molecule has 0 atom stereocenters. The number of aromatic hydroxyl groups is 6. The smallest absolute Gasteiger partial charge is 0.335 e. The van der Waals surface area contributed by atoms with E-state index in [1.807, 2.05) is 0 Å². The summed E-state index contributed by atoms with van der Waals surface area (Å²) in [5, 5.41) is 69.9. The maximum Gasteiger partial charge on any atom is 0.335 e. The number of benzene rings is 2. The number of rotatable bonds is 2. The Morgan fingerprint density at radius 3 is 0.920 bits per heavy atom. The SMILES string of the molecule is O=C(O)c1cc(O)c(O)c(O)c1.O=C(O)c1cc(O)c(O)c(O)c1.[Cd]. The molecule has 0 aliphatic carbocycles. The van der Waals surface area contributed by atoms with Gasteiger partial charge in [0.1, 0.15) is 0 Å². The van der Waals surface area contributed by atoms with Crippen molar-refractivity contribution in [3.05, 3.63) is 35.4 Å². The molecule has 0 aromatic heterocycles. The zero-order valence-electron chi connectivity index (χ0n) is 12.4. The Hall–Kier alpha value is -2.90. The first kappa shape index (κ1) is 22.1. The van der Waals surface area contributed by atoms with Crippen molar-refractivity contribution in [2.45, 2.75) is 0 Å². The van der Waals surface area contributed by atoms with Crippen LogP contribution in [0.3, 0.4) is 0 Å². The van der Waals surface area contributed by atoms with Gasteiger partial charge in [-0.25, -0.2) is 9.59 Å². The quantitative estimate of drug-likeness (QED) is 0.240. The molecule has 0 bridgehead atoms. The molecule has 0 saturated heterocycles. The van der Waals surface area contributed by atoms with E-state index in [-0.39, 0.29) is 38.4 Å². The fraction of sp³-hybridized carbons (Fsp3) is 0. The number of carboxylic acid groups (broad SMARTS) is 2. The van der Waals surface area contributed by atoms with Gasteiger partial charge in [0.25, 0.3) is 0 Å². The van der Waals surface area contributed by atoms with Crippen LogP contribution in [0.25, 0.3) is 0 Å². The second-order valence-electron chi connectivity index (χ2n) is 4.34. The maximum atomic E-state index is 10.3. The van der Waals surface area contributed by atoms with Crippen molar-refractivity contribution < 1.29 is 77.7 Å². The van der Waals surface area contributed by atoms with Gasteiger partial charge in [-0.2, -0.15) is 0 Å². The molecule has 2 rings (SSSR count). The summed E-state index contributed by atoms with van der Waals surface area (Å²) in [5.74, 6) is -6.67. The molecule has 0 spiro atoms. The molecule has 0 radical (unpaired) electrons. The number of carboxylic acids is 2. The summed E-state index contributed by atoms with van der Waals surface area (Å²) in [5.41, 5.74) is -0.578. The number of phenolic OH excluding ortho intramolecular Hbond substituents is 6. The van der Waals surface area contributed by atoms with Crippen LogP contribution in [0.5, 0.6) is 34.5 Å². The van der Waals surface area contributed by atoms with E-state index in [4.69, 9.17) is 40.9 Å². The molecular weight excluding hydrogens is 441 g/mol. The number of hydrogen-bond donors (Lipinski definition) is 8. The average molecular weight is 453 g/mol. The van der Waals surface area contributed by atoms with Gasteiger partial charge in [-0.1, -0.05) is 0 Å². The van der Waals surface area contributed by atoms with Gasteiger partial charge in [-0.3, -0.25) is 0 Å². The Bertz CT molecular complexity index is 689. The summed E-state index contributed by atoms with van der Waals surface area (Å²) in [7, 11) is 0. The number of phenols is 6. The van der Waals surface area contributed by atoms with Crippen molar-refractivity contribution in [2.24, 2.45) is 0 Å². The standard InChI is InChI=1S/2C7H6O5.Cd/c2*8-4-1-3(7(11)12)2-5(9)6(4)10;/h2*1-2,8-10H,(H,11,12);. The molecule has 0 aliphatic rings. The Morgan fingerprint density at radius 1 is 0.560 bits per heavy atom. The normalized spacial score (nSPS) is 9.28. The minimum absolute atomic E-state index is 0. The molecule has 0 heterocycles. The van der Waals surface area contributed by atoms with Gasteiger partial charge in [-0.15, -0.1) is 0 Å². The summed E-state index contributed by atoms with van der Waals surface area (Å²) >= 11 is 0. The van der Waals surface area contributed by atoms with Crippen LogP contribution in [-0.4, -0.2) is 52.8 Å². The number of hydrogen-bond acceptors (Lipinski definition) is 8. The van der Waals surface area contributed by atoms with Crippen LogP contribution in [0.1, 0.15) is 20.7 Å². The monoisotopic (exact) mass is 454 g/mol. The summed E-state index contributed by atoms with van der Waals surface area (Å²) in [6, 6.07) is 3.38. The summed E-state index contributed by atoms with van der Waals surface area (Å²) in [4.78, 5) is 20.6. The Morgan fingerprint density at radius 2 is 0.760 bits per heavy atom. The Kier molecular flexibility index (Phi) is 7.79. The van der Waals surface area contributed by atoms with Gasteiger partial charge in [0, 0.05) is 27.3 Å². The van der Waals surface area contributed by atoms with Crippen LogP contribution in [0.2, 0.25) is 0 Å². The second kappa shape index (κ2) is 8.82. The third kappa shape index (κ3) is 5.59. The largest absolute Gasteiger partial charge is 0.504 e. The molecule has 11 heteroatoms. The third-order valence-electron chi connectivity index (χ3n) is 2.63. The van der Waals surface area contributed by atoms with Gasteiger partial charge in [-0.05, 0) is 24.3 Å². The maximum absolute atomic E-state index is 10.3.